The zero-order valence-corrected chi connectivity index (χ0v) is 9.14. The fourth-order valence-corrected chi connectivity index (χ4v) is 1.30. The fourth-order valence-electron chi connectivity index (χ4n) is 1.30. The normalized spacial score (nSPS) is 8.82. The number of hydrogen-bond donors (Lipinski definition) is 2. The third kappa shape index (κ3) is 4.44. The Labute approximate surface area is 99.0 Å². The van der Waals surface area contributed by atoms with E-state index in [0.29, 0.717) is 6.41 Å². The maximum absolute atomic E-state index is 12.9. The van der Waals surface area contributed by atoms with Crippen molar-refractivity contribution in [3.63, 3.8) is 0 Å². The van der Waals surface area contributed by atoms with Gasteiger partial charge < -0.3 is 0 Å². The Hall–Kier alpha value is -2.20. The first kappa shape index (κ1) is 12.9. The summed E-state index contributed by atoms with van der Waals surface area (Å²) in [5.41, 5.74) is 3.71. The second kappa shape index (κ2) is 7.14. The van der Waals surface area contributed by atoms with Crippen molar-refractivity contribution in [1.29, 1.82) is 0 Å². The predicted octanol–water partition coefficient (Wildman–Crippen LogP) is 2.10. The Morgan fingerprint density at radius 3 is 2.12 bits per heavy atom. The molecule has 2 aromatic carbocycles. The lowest BCUT2D eigenvalue weighted by molar-refractivity contribution is -0.109. The van der Waals surface area contributed by atoms with Gasteiger partial charge in [-0.2, -0.15) is 0 Å². The van der Waals surface area contributed by atoms with E-state index in [9.17, 15) is 4.39 Å². The molecule has 0 unspecified atom stereocenters. The Balaban J connectivity index is 0.000000317. The quantitative estimate of drug-likeness (QED) is 0.360. The van der Waals surface area contributed by atoms with Gasteiger partial charge in [-0.15, -0.1) is 0 Å². The Morgan fingerprint density at radius 1 is 1.00 bits per heavy atom. The molecule has 0 saturated heterocycles. The smallest absolute Gasteiger partial charge is 0.221 e. The van der Waals surface area contributed by atoms with E-state index >= 15 is 0 Å². The Kier molecular flexibility index (Phi) is 5.40. The summed E-state index contributed by atoms with van der Waals surface area (Å²) in [4.78, 5) is 8.94. The average molecular weight is 232 g/mol. The summed E-state index contributed by atoms with van der Waals surface area (Å²) in [6.07, 6.45) is 0.403. The fraction of sp³-hybridized carbons (Fsp3) is 0. The van der Waals surface area contributed by atoms with Gasteiger partial charge in [-0.05, 0) is 23.3 Å². The molecule has 2 rings (SSSR count). The van der Waals surface area contributed by atoms with E-state index in [4.69, 9.17) is 4.79 Å². The molecule has 17 heavy (non-hydrogen) atoms. The molecule has 3 N–H and O–H groups in total. The average Bonchev–Trinajstić information content (AvgIpc) is 2.40. The molecule has 1 amide bonds. The maximum atomic E-state index is 12.9. The topological polar surface area (TPSA) is 55.1 Å². The van der Waals surface area contributed by atoms with E-state index in [1.54, 1.807) is 11.5 Å². The number of hydrogen-bond acceptors (Lipinski definition) is 2. The van der Waals surface area contributed by atoms with E-state index in [0.717, 1.165) is 11.1 Å². The molecular weight excluding hydrogens is 219 g/mol. The lowest BCUT2D eigenvalue weighted by atomic mass is 10.1. The first-order chi connectivity index (χ1) is 8.27. The van der Waals surface area contributed by atoms with Crippen LogP contribution in [0.5, 0.6) is 0 Å². The van der Waals surface area contributed by atoms with Crippen LogP contribution in [0.4, 0.5) is 4.39 Å². The summed E-state index contributed by atoms with van der Waals surface area (Å²) in [5.74, 6) is 4.22. The standard InChI is InChI=1S/C12H9F.CH4N2O/c13-12-8-4-7-11(9-12)10-5-2-1-3-6-10;2-3-1-4/h1-9H;1H,2H2,(H,3,4). The minimum atomic E-state index is -0.193. The number of carbonyl (C=O) groups excluding carboxylic acids is 1. The zero-order chi connectivity index (χ0) is 12.5. The van der Waals surface area contributed by atoms with Crippen molar-refractivity contribution in [3.05, 3.63) is 60.4 Å². The molecule has 0 aliphatic carbocycles. The van der Waals surface area contributed by atoms with E-state index in [2.05, 4.69) is 5.84 Å². The van der Waals surface area contributed by atoms with Crippen molar-refractivity contribution in [2.75, 3.05) is 0 Å². The molecular formula is C13H13FN2O. The van der Waals surface area contributed by atoms with E-state index < -0.39 is 0 Å². The van der Waals surface area contributed by atoms with Crippen molar-refractivity contribution in [2.24, 2.45) is 5.84 Å². The van der Waals surface area contributed by atoms with Crippen molar-refractivity contribution in [1.82, 2.24) is 5.43 Å². The van der Waals surface area contributed by atoms with E-state index in [1.165, 1.54) is 12.1 Å². The van der Waals surface area contributed by atoms with E-state index in [-0.39, 0.29) is 5.82 Å². The van der Waals surface area contributed by atoms with Gasteiger partial charge >= 0.3 is 0 Å². The van der Waals surface area contributed by atoms with Gasteiger partial charge in [-0.1, -0.05) is 42.5 Å². The van der Waals surface area contributed by atoms with E-state index in [1.807, 2.05) is 36.4 Å². The molecule has 0 saturated carbocycles. The highest BCUT2D eigenvalue weighted by atomic mass is 19.1. The van der Waals surface area contributed by atoms with Crippen molar-refractivity contribution in [3.8, 4) is 11.1 Å². The summed E-state index contributed by atoms with van der Waals surface area (Å²) < 4.78 is 12.9. The molecule has 0 aromatic heterocycles. The van der Waals surface area contributed by atoms with Crippen molar-refractivity contribution >= 4 is 6.41 Å². The third-order valence-corrected chi connectivity index (χ3v) is 2.00. The monoisotopic (exact) mass is 232 g/mol. The number of hydrazine groups is 1. The third-order valence-electron chi connectivity index (χ3n) is 2.00. The first-order valence-corrected chi connectivity index (χ1v) is 4.98. The van der Waals surface area contributed by atoms with Crippen LogP contribution in [0.1, 0.15) is 0 Å². The molecule has 88 valence electrons. The van der Waals surface area contributed by atoms with Gasteiger partial charge in [0.1, 0.15) is 5.82 Å². The molecule has 0 radical (unpaired) electrons. The summed E-state index contributed by atoms with van der Waals surface area (Å²) in [7, 11) is 0. The second-order valence-corrected chi connectivity index (χ2v) is 3.16. The lowest BCUT2D eigenvalue weighted by Gasteiger charge is -1.99. The van der Waals surface area contributed by atoms with Crippen molar-refractivity contribution < 1.29 is 9.18 Å². The molecule has 0 spiro atoms. The summed E-state index contributed by atoms with van der Waals surface area (Å²) in [6, 6.07) is 16.4. The number of rotatable bonds is 2. The Morgan fingerprint density at radius 2 is 1.59 bits per heavy atom. The minimum Gasteiger partial charge on any atom is -0.297 e. The highest BCUT2D eigenvalue weighted by Gasteiger charge is 1.96. The minimum absolute atomic E-state index is 0.193. The highest BCUT2D eigenvalue weighted by Crippen LogP contribution is 2.18. The maximum Gasteiger partial charge on any atom is 0.221 e. The number of carbonyl (C=O) groups is 1. The molecule has 3 nitrogen and oxygen atoms in total. The van der Waals surface area contributed by atoms with Crippen LogP contribution >= 0.6 is 0 Å². The molecule has 0 fully saturated rings. The van der Waals surface area contributed by atoms with Crippen LogP contribution < -0.4 is 11.3 Å². The summed E-state index contributed by atoms with van der Waals surface area (Å²) in [5, 5.41) is 0. The lowest BCUT2D eigenvalue weighted by Crippen LogP contribution is -2.18. The van der Waals surface area contributed by atoms with Gasteiger partial charge in [-0.25, -0.2) is 10.2 Å². The van der Waals surface area contributed by atoms with Crippen LogP contribution in [0.15, 0.2) is 54.6 Å². The van der Waals surface area contributed by atoms with Crippen LogP contribution in [-0.2, 0) is 4.79 Å². The summed E-state index contributed by atoms with van der Waals surface area (Å²) in [6.45, 7) is 0. The number of nitrogens with two attached hydrogens (primary N) is 1. The van der Waals surface area contributed by atoms with Crippen molar-refractivity contribution in [2.45, 2.75) is 0 Å². The SMILES string of the molecule is Fc1cccc(-c2ccccc2)c1.NNC=O. The van der Waals surface area contributed by atoms with Gasteiger partial charge in [0.2, 0.25) is 6.41 Å². The second-order valence-electron chi connectivity index (χ2n) is 3.16. The van der Waals surface area contributed by atoms with Crippen LogP contribution in [0.3, 0.4) is 0 Å². The van der Waals surface area contributed by atoms with Gasteiger partial charge in [0.15, 0.2) is 0 Å². The summed E-state index contributed by atoms with van der Waals surface area (Å²) >= 11 is 0. The number of amides is 1. The number of nitrogens with one attached hydrogen (secondary N) is 1. The zero-order valence-electron chi connectivity index (χ0n) is 9.14. The van der Waals surface area contributed by atoms with Crippen LogP contribution in [-0.4, -0.2) is 6.41 Å². The van der Waals surface area contributed by atoms with Gasteiger partial charge in [0, 0.05) is 0 Å². The van der Waals surface area contributed by atoms with Crippen LogP contribution in [0.2, 0.25) is 0 Å². The molecule has 0 heterocycles. The van der Waals surface area contributed by atoms with Crippen LogP contribution in [0, 0.1) is 5.82 Å². The largest absolute Gasteiger partial charge is 0.297 e. The first-order valence-electron chi connectivity index (χ1n) is 4.98. The Bertz CT molecular complexity index is 460. The molecule has 0 bridgehead atoms. The van der Waals surface area contributed by atoms with Gasteiger partial charge in [0.05, 0.1) is 0 Å². The highest BCUT2D eigenvalue weighted by molar-refractivity contribution is 5.62. The molecule has 2 aromatic rings. The number of benzene rings is 2. The molecule has 0 aliphatic rings. The molecule has 0 atom stereocenters. The molecule has 4 heteroatoms. The molecule has 0 aliphatic heterocycles. The predicted molar refractivity (Wildman–Crippen MR) is 65.2 cm³/mol. The van der Waals surface area contributed by atoms with Crippen LogP contribution in [0.25, 0.3) is 11.1 Å². The van der Waals surface area contributed by atoms with Gasteiger partial charge in [0.25, 0.3) is 0 Å². The van der Waals surface area contributed by atoms with Gasteiger partial charge in [-0.3, -0.25) is 10.2 Å². The number of halogens is 1.